The molecule has 5 heteroatoms. The minimum Gasteiger partial charge on any atom is -0.397 e. The highest BCUT2D eigenvalue weighted by Crippen LogP contribution is 2.22. The van der Waals surface area contributed by atoms with Crippen LogP contribution in [0.2, 0.25) is 0 Å². The van der Waals surface area contributed by atoms with E-state index < -0.39 is 0 Å². The van der Waals surface area contributed by atoms with Gasteiger partial charge in [-0.05, 0) is 0 Å². The summed E-state index contributed by atoms with van der Waals surface area (Å²) in [6.45, 7) is 0. The maximum absolute atomic E-state index is 5.74. The van der Waals surface area contributed by atoms with E-state index in [0.29, 0.717) is 5.69 Å². The number of rotatable bonds is 1. The lowest BCUT2D eigenvalue weighted by molar-refractivity contribution is 0.918. The van der Waals surface area contributed by atoms with E-state index in [9.17, 15) is 0 Å². The van der Waals surface area contributed by atoms with Crippen LogP contribution in [0.1, 0.15) is 0 Å². The molecule has 0 bridgehead atoms. The van der Waals surface area contributed by atoms with Gasteiger partial charge >= 0.3 is 0 Å². The maximum atomic E-state index is 5.74. The third-order valence-electron chi connectivity index (χ3n) is 1.85. The van der Waals surface area contributed by atoms with Gasteiger partial charge in [-0.1, -0.05) is 0 Å². The Labute approximate surface area is 75.2 Å². The van der Waals surface area contributed by atoms with Gasteiger partial charge < -0.3 is 10.3 Å². The molecule has 0 radical (unpaired) electrons. The predicted octanol–water partition coefficient (Wildman–Crippen LogP) is 0.459. The van der Waals surface area contributed by atoms with Crippen molar-refractivity contribution in [3.8, 4) is 11.3 Å². The van der Waals surface area contributed by atoms with Gasteiger partial charge in [0, 0.05) is 12.6 Å². The molecule has 2 aromatic heterocycles. The molecule has 13 heavy (non-hydrogen) atoms. The Hall–Kier alpha value is -1.91. The Bertz CT molecular complexity index is 420. The molecule has 0 atom stereocenters. The molecule has 0 aliphatic carbocycles. The Kier molecular flexibility index (Phi) is 1.70. The summed E-state index contributed by atoms with van der Waals surface area (Å²) in [5, 5.41) is 7.45. The second-order valence-corrected chi connectivity index (χ2v) is 2.75. The van der Waals surface area contributed by atoms with Crippen LogP contribution in [0.5, 0.6) is 0 Å². The quantitative estimate of drug-likeness (QED) is 0.683. The summed E-state index contributed by atoms with van der Waals surface area (Å²) in [6.07, 6.45) is 6.62. The van der Waals surface area contributed by atoms with Gasteiger partial charge in [0.1, 0.15) is 0 Å². The van der Waals surface area contributed by atoms with Crippen molar-refractivity contribution in [3.05, 3.63) is 24.9 Å². The first-order valence-electron chi connectivity index (χ1n) is 3.82. The number of hydrogen-bond donors (Lipinski definition) is 1. The van der Waals surface area contributed by atoms with E-state index in [0.717, 1.165) is 11.3 Å². The zero-order chi connectivity index (χ0) is 9.26. The average molecular weight is 175 g/mol. The van der Waals surface area contributed by atoms with Gasteiger partial charge in [0.15, 0.2) is 0 Å². The summed E-state index contributed by atoms with van der Waals surface area (Å²) in [7, 11) is 1.90. The standard InChI is InChI=1S/C8H9N5/c1-13-5-10-4-8(13)6-2-11-12-3-7(6)9/h2-5H,1H3,(H2,9,11). The van der Waals surface area contributed by atoms with Crippen LogP contribution >= 0.6 is 0 Å². The molecule has 0 aliphatic rings. The molecule has 2 rings (SSSR count). The van der Waals surface area contributed by atoms with Crippen LogP contribution < -0.4 is 5.73 Å². The number of aryl methyl sites for hydroxylation is 1. The van der Waals surface area contributed by atoms with Gasteiger partial charge in [0.25, 0.3) is 0 Å². The first-order chi connectivity index (χ1) is 6.29. The molecule has 2 aromatic rings. The van der Waals surface area contributed by atoms with Gasteiger partial charge in [-0.2, -0.15) is 10.2 Å². The molecule has 0 aliphatic heterocycles. The molecule has 0 fully saturated rings. The fraction of sp³-hybridized carbons (Fsp3) is 0.125. The first-order valence-corrected chi connectivity index (χ1v) is 3.82. The zero-order valence-electron chi connectivity index (χ0n) is 7.18. The molecule has 0 saturated carbocycles. The molecular weight excluding hydrogens is 166 g/mol. The highest BCUT2D eigenvalue weighted by atomic mass is 15.1. The van der Waals surface area contributed by atoms with Gasteiger partial charge in [0.05, 0.1) is 36.3 Å². The second kappa shape index (κ2) is 2.85. The molecule has 0 amide bonds. The van der Waals surface area contributed by atoms with Crippen LogP contribution in [0, 0.1) is 0 Å². The number of aromatic nitrogens is 4. The highest BCUT2D eigenvalue weighted by molar-refractivity contribution is 5.71. The molecule has 2 N–H and O–H groups in total. The lowest BCUT2D eigenvalue weighted by atomic mass is 10.2. The maximum Gasteiger partial charge on any atom is 0.0948 e. The summed E-state index contributed by atoms with van der Waals surface area (Å²) in [5.74, 6) is 0. The SMILES string of the molecule is Cn1cncc1-c1cnncc1N. The summed E-state index contributed by atoms with van der Waals surface area (Å²) in [5.41, 5.74) is 8.14. The lowest BCUT2D eigenvalue weighted by Crippen LogP contribution is -1.96. The van der Waals surface area contributed by atoms with E-state index >= 15 is 0 Å². The van der Waals surface area contributed by atoms with Crippen molar-refractivity contribution < 1.29 is 0 Å². The van der Waals surface area contributed by atoms with Crippen molar-refractivity contribution in [3.63, 3.8) is 0 Å². The normalized spacial score (nSPS) is 10.2. The minimum absolute atomic E-state index is 0.610. The van der Waals surface area contributed by atoms with E-state index in [1.807, 2.05) is 11.6 Å². The molecule has 2 heterocycles. The summed E-state index contributed by atoms with van der Waals surface area (Å²) in [4.78, 5) is 4.00. The Morgan fingerprint density at radius 1 is 1.23 bits per heavy atom. The Balaban J connectivity index is 2.59. The van der Waals surface area contributed by atoms with E-state index in [1.165, 1.54) is 6.20 Å². The monoisotopic (exact) mass is 175 g/mol. The molecule has 0 saturated heterocycles. The molecule has 0 spiro atoms. The summed E-state index contributed by atoms with van der Waals surface area (Å²) >= 11 is 0. The number of nitrogen functional groups attached to an aromatic ring is 1. The van der Waals surface area contributed by atoms with Crippen LogP contribution in [0.15, 0.2) is 24.9 Å². The van der Waals surface area contributed by atoms with Crippen LogP contribution in [0.25, 0.3) is 11.3 Å². The smallest absolute Gasteiger partial charge is 0.0948 e. The van der Waals surface area contributed by atoms with Crippen LogP contribution in [-0.4, -0.2) is 19.7 Å². The van der Waals surface area contributed by atoms with E-state index in [1.54, 1.807) is 18.7 Å². The third kappa shape index (κ3) is 1.24. The predicted molar refractivity (Wildman–Crippen MR) is 48.6 cm³/mol. The van der Waals surface area contributed by atoms with Gasteiger partial charge in [-0.3, -0.25) is 0 Å². The van der Waals surface area contributed by atoms with Crippen molar-refractivity contribution in [1.29, 1.82) is 0 Å². The largest absolute Gasteiger partial charge is 0.397 e. The summed E-state index contributed by atoms with van der Waals surface area (Å²) < 4.78 is 1.88. The topological polar surface area (TPSA) is 69.6 Å². The van der Waals surface area contributed by atoms with Gasteiger partial charge in [0.2, 0.25) is 0 Å². The van der Waals surface area contributed by atoms with E-state index in [4.69, 9.17) is 5.73 Å². The summed E-state index contributed by atoms with van der Waals surface area (Å²) in [6, 6.07) is 0. The second-order valence-electron chi connectivity index (χ2n) is 2.75. The number of imidazole rings is 1. The Morgan fingerprint density at radius 3 is 2.62 bits per heavy atom. The van der Waals surface area contributed by atoms with Crippen LogP contribution in [0.3, 0.4) is 0 Å². The lowest BCUT2D eigenvalue weighted by Gasteiger charge is -2.03. The van der Waals surface area contributed by atoms with Crippen molar-refractivity contribution in [2.45, 2.75) is 0 Å². The number of hydrogen-bond acceptors (Lipinski definition) is 4. The molecule has 0 unspecified atom stereocenters. The van der Waals surface area contributed by atoms with E-state index in [-0.39, 0.29) is 0 Å². The van der Waals surface area contributed by atoms with Crippen molar-refractivity contribution in [2.24, 2.45) is 7.05 Å². The van der Waals surface area contributed by atoms with Gasteiger partial charge in [-0.25, -0.2) is 4.98 Å². The zero-order valence-corrected chi connectivity index (χ0v) is 7.18. The number of nitrogens with zero attached hydrogens (tertiary/aromatic N) is 4. The van der Waals surface area contributed by atoms with Crippen molar-refractivity contribution in [2.75, 3.05) is 5.73 Å². The van der Waals surface area contributed by atoms with Crippen molar-refractivity contribution in [1.82, 2.24) is 19.7 Å². The van der Waals surface area contributed by atoms with Crippen molar-refractivity contribution >= 4 is 5.69 Å². The van der Waals surface area contributed by atoms with E-state index in [2.05, 4.69) is 15.2 Å². The molecule has 0 aromatic carbocycles. The van der Waals surface area contributed by atoms with Crippen LogP contribution in [0.4, 0.5) is 5.69 Å². The van der Waals surface area contributed by atoms with Gasteiger partial charge in [-0.15, -0.1) is 0 Å². The molecule has 66 valence electrons. The number of nitrogens with two attached hydrogens (primary N) is 1. The molecular formula is C8H9N5. The highest BCUT2D eigenvalue weighted by Gasteiger charge is 2.05. The number of anilines is 1. The molecule has 5 nitrogen and oxygen atoms in total. The fourth-order valence-corrected chi connectivity index (χ4v) is 1.16. The average Bonchev–Trinajstić information content (AvgIpc) is 2.52. The fourth-order valence-electron chi connectivity index (χ4n) is 1.16. The third-order valence-corrected chi connectivity index (χ3v) is 1.85. The van der Waals surface area contributed by atoms with Crippen LogP contribution in [-0.2, 0) is 7.05 Å². The Morgan fingerprint density at radius 2 is 2.00 bits per heavy atom. The minimum atomic E-state index is 0.610. The first kappa shape index (κ1) is 7.72.